The van der Waals surface area contributed by atoms with Gasteiger partial charge in [0.2, 0.25) is 0 Å². The number of nitriles is 1. The van der Waals surface area contributed by atoms with Crippen molar-refractivity contribution in [2.24, 2.45) is 0 Å². The summed E-state index contributed by atoms with van der Waals surface area (Å²) in [5.41, 5.74) is 1.34. The van der Waals surface area contributed by atoms with E-state index < -0.39 is 0 Å². The summed E-state index contributed by atoms with van der Waals surface area (Å²) < 4.78 is 5.25. The molecule has 0 atom stereocenters. The van der Waals surface area contributed by atoms with Crippen molar-refractivity contribution in [2.75, 3.05) is 12.4 Å². The van der Waals surface area contributed by atoms with E-state index in [1.807, 2.05) is 6.07 Å². The van der Waals surface area contributed by atoms with Crippen LogP contribution in [0.4, 0.5) is 11.6 Å². The Bertz CT molecular complexity index is 876. The van der Waals surface area contributed by atoms with Crippen LogP contribution in [0.25, 0.3) is 11.3 Å². The van der Waals surface area contributed by atoms with Crippen molar-refractivity contribution < 1.29 is 9.84 Å². The minimum Gasteiger partial charge on any atom is -0.507 e. The van der Waals surface area contributed by atoms with Crippen molar-refractivity contribution in [3.63, 3.8) is 0 Å². The lowest BCUT2D eigenvalue weighted by Crippen LogP contribution is -1.95. The van der Waals surface area contributed by atoms with Gasteiger partial charge in [-0.1, -0.05) is 6.07 Å². The fraction of sp³-hybridized carbons (Fsp3) is 0.0667. The fourth-order valence-corrected chi connectivity index (χ4v) is 2.06. The van der Waals surface area contributed by atoms with Crippen molar-refractivity contribution in [3.05, 3.63) is 42.4 Å². The number of aromatic hydroxyl groups is 1. The highest BCUT2D eigenvalue weighted by molar-refractivity contribution is 5.85. The number of rotatable bonds is 4. The number of nitrogens with zero attached hydrogens (tertiary/aromatic N) is 4. The van der Waals surface area contributed by atoms with Gasteiger partial charge in [-0.25, -0.2) is 9.97 Å². The lowest BCUT2D eigenvalue weighted by Gasteiger charge is -2.07. The molecule has 0 aliphatic heterocycles. The van der Waals surface area contributed by atoms with Gasteiger partial charge in [-0.05, 0) is 12.1 Å². The molecule has 10 heteroatoms. The van der Waals surface area contributed by atoms with E-state index in [1.54, 1.807) is 24.3 Å². The summed E-state index contributed by atoms with van der Waals surface area (Å²) >= 11 is 0. The number of aromatic nitrogens is 4. The molecule has 1 aromatic carbocycles. The molecule has 3 rings (SSSR count). The number of methoxy groups -OCH3 is 1. The zero-order chi connectivity index (χ0) is 16.2. The molecule has 3 N–H and O–H groups in total. The quantitative estimate of drug-likeness (QED) is 0.635. The summed E-state index contributed by atoms with van der Waals surface area (Å²) in [6, 6.07) is 8.61. The summed E-state index contributed by atoms with van der Waals surface area (Å²) in [5, 5.41) is 28.6. The van der Waals surface area contributed by atoms with Crippen molar-refractivity contribution in [1.29, 1.82) is 5.26 Å². The topological polar surface area (TPSA) is 120 Å². The van der Waals surface area contributed by atoms with Gasteiger partial charge in [0, 0.05) is 6.07 Å². The zero-order valence-electron chi connectivity index (χ0n) is 12.9. The van der Waals surface area contributed by atoms with Gasteiger partial charge in [0.15, 0.2) is 11.5 Å². The van der Waals surface area contributed by atoms with Crippen LogP contribution in [0.1, 0.15) is 5.69 Å². The Morgan fingerprint density at radius 2 is 2.00 bits per heavy atom. The van der Waals surface area contributed by atoms with E-state index in [1.165, 1.54) is 19.5 Å². The summed E-state index contributed by atoms with van der Waals surface area (Å²) in [4.78, 5) is 7.97. The third-order valence-electron chi connectivity index (χ3n) is 3.09. The number of hydrogen-bond acceptors (Lipinski definition) is 7. The van der Waals surface area contributed by atoms with Crippen LogP contribution >= 0.6 is 24.8 Å². The maximum atomic E-state index is 10.0. The Morgan fingerprint density at radius 3 is 2.64 bits per heavy atom. The first-order chi connectivity index (χ1) is 11.2. The van der Waals surface area contributed by atoms with Crippen LogP contribution < -0.4 is 10.1 Å². The predicted octanol–water partition coefficient (Wildman–Crippen LogP) is 3.04. The molecule has 0 spiro atoms. The third kappa shape index (κ3) is 4.29. The second-order valence-electron chi connectivity index (χ2n) is 4.54. The summed E-state index contributed by atoms with van der Waals surface area (Å²) in [6.45, 7) is 0. The highest BCUT2D eigenvalue weighted by atomic mass is 35.5. The molecule has 0 unspecified atom stereocenters. The predicted molar refractivity (Wildman–Crippen MR) is 96.8 cm³/mol. The molecule has 0 amide bonds. The van der Waals surface area contributed by atoms with Crippen LogP contribution in [0.15, 0.2) is 36.7 Å². The minimum atomic E-state index is 0. The number of nitrogens with one attached hydrogen (secondary N) is 2. The van der Waals surface area contributed by atoms with E-state index >= 15 is 0 Å². The Labute approximate surface area is 155 Å². The summed E-state index contributed by atoms with van der Waals surface area (Å²) in [6.07, 6.45) is 2.80. The molecule has 3 aromatic rings. The average Bonchev–Trinajstić information content (AvgIpc) is 3.03. The van der Waals surface area contributed by atoms with Crippen LogP contribution in [-0.4, -0.2) is 32.4 Å². The number of ether oxygens (including phenoxy) is 1. The molecular formula is C15H14Cl2N6O2. The van der Waals surface area contributed by atoms with Gasteiger partial charge in [-0.3, -0.25) is 5.10 Å². The SMILES string of the molecule is COc1cccc(O)c1-c1cc(Nc2cnc(C#N)cn2)n[nH]1.Cl.Cl. The fourth-order valence-electron chi connectivity index (χ4n) is 2.06. The molecule has 0 saturated heterocycles. The monoisotopic (exact) mass is 380 g/mol. The highest BCUT2D eigenvalue weighted by Crippen LogP contribution is 2.37. The van der Waals surface area contributed by atoms with Gasteiger partial charge in [-0.2, -0.15) is 10.4 Å². The molecule has 0 radical (unpaired) electrons. The van der Waals surface area contributed by atoms with Crippen molar-refractivity contribution in [3.8, 4) is 28.8 Å². The number of phenols is 1. The molecule has 2 aromatic heterocycles. The number of benzene rings is 1. The van der Waals surface area contributed by atoms with Gasteiger partial charge in [-0.15, -0.1) is 24.8 Å². The number of aromatic amines is 1. The first kappa shape index (κ1) is 20.0. The number of anilines is 2. The highest BCUT2D eigenvalue weighted by Gasteiger charge is 2.14. The van der Waals surface area contributed by atoms with Gasteiger partial charge < -0.3 is 15.2 Å². The largest absolute Gasteiger partial charge is 0.507 e. The van der Waals surface area contributed by atoms with Crippen LogP contribution in [0.5, 0.6) is 11.5 Å². The van der Waals surface area contributed by atoms with E-state index in [4.69, 9.17) is 10.00 Å². The first-order valence-corrected chi connectivity index (χ1v) is 6.62. The third-order valence-corrected chi connectivity index (χ3v) is 3.09. The van der Waals surface area contributed by atoms with E-state index in [9.17, 15) is 5.11 Å². The van der Waals surface area contributed by atoms with E-state index in [-0.39, 0.29) is 36.3 Å². The Balaban J connectivity index is 0.00000156. The number of halogens is 2. The molecule has 0 aliphatic rings. The second kappa shape index (κ2) is 8.73. The Morgan fingerprint density at radius 1 is 1.20 bits per heavy atom. The molecule has 0 bridgehead atoms. The molecule has 0 aliphatic carbocycles. The van der Waals surface area contributed by atoms with Crippen LogP contribution in [0.3, 0.4) is 0 Å². The number of hydrogen-bond donors (Lipinski definition) is 3. The molecular weight excluding hydrogens is 367 g/mol. The van der Waals surface area contributed by atoms with Crippen molar-refractivity contribution >= 4 is 36.4 Å². The van der Waals surface area contributed by atoms with Crippen molar-refractivity contribution in [1.82, 2.24) is 20.2 Å². The first-order valence-electron chi connectivity index (χ1n) is 6.62. The minimum absolute atomic E-state index is 0. The smallest absolute Gasteiger partial charge is 0.158 e. The van der Waals surface area contributed by atoms with E-state index in [0.29, 0.717) is 28.6 Å². The molecule has 0 saturated carbocycles. The van der Waals surface area contributed by atoms with Crippen LogP contribution in [-0.2, 0) is 0 Å². The number of H-pyrrole nitrogens is 1. The summed E-state index contributed by atoms with van der Waals surface area (Å²) in [5.74, 6) is 1.55. The van der Waals surface area contributed by atoms with Gasteiger partial charge in [0.25, 0.3) is 0 Å². The summed E-state index contributed by atoms with van der Waals surface area (Å²) in [7, 11) is 1.53. The molecule has 0 fully saturated rings. The van der Waals surface area contributed by atoms with Crippen molar-refractivity contribution in [2.45, 2.75) is 0 Å². The number of phenolic OH excluding ortho intramolecular Hbond substituents is 1. The lowest BCUT2D eigenvalue weighted by atomic mass is 10.1. The van der Waals surface area contributed by atoms with Gasteiger partial charge in [0.1, 0.15) is 23.4 Å². The Kier molecular flexibility index (Phi) is 6.99. The maximum Gasteiger partial charge on any atom is 0.158 e. The zero-order valence-corrected chi connectivity index (χ0v) is 14.6. The molecule has 25 heavy (non-hydrogen) atoms. The second-order valence-corrected chi connectivity index (χ2v) is 4.54. The molecule has 130 valence electrons. The van der Waals surface area contributed by atoms with Crippen LogP contribution in [0.2, 0.25) is 0 Å². The standard InChI is InChI=1S/C15H12N6O2.2ClH/c1-23-12-4-2-3-11(22)15(12)10-5-13(21-20-10)19-14-8-17-9(6-16)7-18-14;;/h2-5,7-8,22H,1H3,(H2,18,19,20,21);2*1H. The normalized spacial score (nSPS) is 9.28. The molecule has 2 heterocycles. The van der Waals surface area contributed by atoms with E-state index in [2.05, 4.69) is 25.5 Å². The maximum absolute atomic E-state index is 10.0. The van der Waals surface area contributed by atoms with Crippen LogP contribution in [0, 0.1) is 11.3 Å². The van der Waals surface area contributed by atoms with Gasteiger partial charge in [0.05, 0.1) is 30.8 Å². The molecule has 8 nitrogen and oxygen atoms in total. The van der Waals surface area contributed by atoms with Gasteiger partial charge >= 0.3 is 0 Å². The Hall–Kier alpha value is -3.02. The van der Waals surface area contributed by atoms with E-state index in [0.717, 1.165) is 0 Å². The average molecular weight is 381 g/mol. The lowest BCUT2D eigenvalue weighted by molar-refractivity contribution is 0.410.